The van der Waals surface area contributed by atoms with Gasteiger partial charge in [-0.2, -0.15) is 0 Å². The number of amides is 1. The maximum Gasteiger partial charge on any atom is 0.225 e. The van der Waals surface area contributed by atoms with Gasteiger partial charge < -0.3 is 11.1 Å². The summed E-state index contributed by atoms with van der Waals surface area (Å²) in [6.45, 7) is 10.5. The minimum atomic E-state index is -0.260. The van der Waals surface area contributed by atoms with Crippen LogP contribution in [-0.4, -0.2) is 12.1 Å². The molecule has 1 saturated carbocycles. The number of hydrogen-bond donors (Lipinski definition) is 2. The molecule has 1 atom stereocenters. The molecule has 0 bridgehead atoms. The SMILES string of the molecule is CC(N)NC(=O)C1C(C)(C)CCC1(C)C. The zero-order valence-electron chi connectivity index (χ0n) is 10.6. The number of carbonyl (C=O) groups is 1. The smallest absolute Gasteiger partial charge is 0.225 e. The molecule has 1 rings (SSSR count). The molecule has 3 heteroatoms. The molecule has 1 fully saturated rings. The van der Waals surface area contributed by atoms with E-state index in [9.17, 15) is 4.79 Å². The molecule has 3 nitrogen and oxygen atoms in total. The van der Waals surface area contributed by atoms with E-state index in [2.05, 4.69) is 33.0 Å². The normalized spacial score (nSPS) is 26.3. The summed E-state index contributed by atoms with van der Waals surface area (Å²) in [6, 6.07) is 0. The molecule has 0 radical (unpaired) electrons. The second-order valence-electron chi connectivity index (χ2n) is 6.21. The van der Waals surface area contributed by atoms with Gasteiger partial charge in [-0.1, -0.05) is 27.7 Å². The summed E-state index contributed by atoms with van der Waals surface area (Å²) in [5.74, 6) is 0.175. The molecule has 15 heavy (non-hydrogen) atoms. The molecule has 1 unspecified atom stereocenters. The number of carbonyl (C=O) groups excluding carboxylic acids is 1. The molecule has 1 amide bonds. The molecule has 0 aromatic rings. The monoisotopic (exact) mass is 212 g/mol. The standard InChI is InChI=1S/C12H24N2O/c1-8(13)14-10(15)9-11(2,3)6-7-12(9,4)5/h8-9H,6-7,13H2,1-5H3,(H,14,15). The number of nitrogens with two attached hydrogens (primary N) is 1. The quantitative estimate of drug-likeness (QED) is 0.687. The van der Waals surface area contributed by atoms with Gasteiger partial charge in [-0.25, -0.2) is 0 Å². The van der Waals surface area contributed by atoms with Crippen LogP contribution in [0.2, 0.25) is 0 Å². The lowest BCUT2D eigenvalue weighted by molar-refractivity contribution is -0.131. The van der Waals surface area contributed by atoms with Gasteiger partial charge in [-0.15, -0.1) is 0 Å². The van der Waals surface area contributed by atoms with E-state index in [1.54, 1.807) is 6.92 Å². The van der Waals surface area contributed by atoms with Crippen molar-refractivity contribution in [3.05, 3.63) is 0 Å². The van der Waals surface area contributed by atoms with Crippen LogP contribution in [0.3, 0.4) is 0 Å². The molecule has 0 saturated heterocycles. The highest BCUT2D eigenvalue weighted by Crippen LogP contribution is 2.53. The van der Waals surface area contributed by atoms with Crippen molar-refractivity contribution >= 4 is 5.91 Å². The summed E-state index contributed by atoms with van der Waals surface area (Å²) >= 11 is 0. The maximum absolute atomic E-state index is 12.1. The number of hydrogen-bond acceptors (Lipinski definition) is 2. The summed E-state index contributed by atoms with van der Waals surface area (Å²) in [7, 11) is 0. The largest absolute Gasteiger partial charge is 0.341 e. The molecular weight excluding hydrogens is 188 g/mol. The Morgan fingerprint density at radius 3 is 2.00 bits per heavy atom. The van der Waals surface area contributed by atoms with Crippen LogP contribution in [0.15, 0.2) is 0 Å². The predicted octanol–water partition coefficient (Wildman–Crippen LogP) is 1.87. The summed E-state index contributed by atoms with van der Waals surface area (Å²) in [5.41, 5.74) is 5.78. The third-order valence-electron chi connectivity index (χ3n) is 3.61. The summed E-state index contributed by atoms with van der Waals surface area (Å²) in [6.07, 6.45) is 1.96. The first-order valence-corrected chi connectivity index (χ1v) is 5.73. The minimum absolute atomic E-state index is 0.0657. The van der Waals surface area contributed by atoms with Crippen LogP contribution in [0.1, 0.15) is 47.5 Å². The minimum Gasteiger partial charge on any atom is -0.341 e. The molecule has 88 valence electrons. The van der Waals surface area contributed by atoms with Crippen molar-refractivity contribution in [3.8, 4) is 0 Å². The molecule has 0 aromatic heterocycles. The topological polar surface area (TPSA) is 55.1 Å². The lowest BCUT2D eigenvalue weighted by atomic mass is 9.72. The Morgan fingerprint density at radius 2 is 1.67 bits per heavy atom. The Morgan fingerprint density at radius 1 is 1.27 bits per heavy atom. The van der Waals surface area contributed by atoms with E-state index >= 15 is 0 Å². The third-order valence-corrected chi connectivity index (χ3v) is 3.61. The van der Waals surface area contributed by atoms with Gasteiger partial charge in [-0.3, -0.25) is 4.79 Å². The van der Waals surface area contributed by atoms with Crippen molar-refractivity contribution in [1.29, 1.82) is 0 Å². The first-order chi connectivity index (χ1) is 6.67. The Balaban J connectivity index is 2.85. The summed E-state index contributed by atoms with van der Waals surface area (Å²) < 4.78 is 0. The second-order valence-corrected chi connectivity index (χ2v) is 6.21. The van der Waals surface area contributed by atoms with E-state index in [1.165, 1.54) is 0 Å². The van der Waals surface area contributed by atoms with Crippen LogP contribution in [0, 0.1) is 16.7 Å². The van der Waals surface area contributed by atoms with Crippen LogP contribution in [0.25, 0.3) is 0 Å². The van der Waals surface area contributed by atoms with Crippen molar-refractivity contribution in [2.75, 3.05) is 0 Å². The lowest BCUT2D eigenvalue weighted by Crippen LogP contribution is -2.48. The Hall–Kier alpha value is -0.570. The van der Waals surface area contributed by atoms with E-state index < -0.39 is 0 Å². The molecule has 0 spiro atoms. The Labute approximate surface area is 92.8 Å². The van der Waals surface area contributed by atoms with Gasteiger partial charge in [-0.05, 0) is 30.6 Å². The van der Waals surface area contributed by atoms with E-state index in [1.807, 2.05) is 0 Å². The second kappa shape index (κ2) is 3.78. The van der Waals surface area contributed by atoms with Crippen molar-refractivity contribution in [2.24, 2.45) is 22.5 Å². The molecule has 0 aromatic carbocycles. The van der Waals surface area contributed by atoms with E-state index in [0.29, 0.717) is 0 Å². The zero-order chi connectivity index (χ0) is 11.9. The van der Waals surface area contributed by atoms with Crippen LogP contribution >= 0.6 is 0 Å². The highest BCUT2D eigenvalue weighted by Gasteiger charge is 2.50. The first kappa shape index (κ1) is 12.5. The van der Waals surface area contributed by atoms with E-state index in [-0.39, 0.29) is 28.8 Å². The Kier molecular flexibility index (Phi) is 3.15. The fourth-order valence-corrected chi connectivity index (χ4v) is 3.01. The zero-order valence-corrected chi connectivity index (χ0v) is 10.6. The van der Waals surface area contributed by atoms with Gasteiger partial charge in [0.1, 0.15) is 0 Å². The summed E-state index contributed by atoms with van der Waals surface area (Å²) in [4.78, 5) is 12.1. The average Bonchev–Trinajstić information content (AvgIpc) is 2.18. The first-order valence-electron chi connectivity index (χ1n) is 5.73. The van der Waals surface area contributed by atoms with Crippen LogP contribution in [0.5, 0.6) is 0 Å². The number of nitrogens with one attached hydrogen (secondary N) is 1. The molecule has 0 aliphatic heterocycles. The molecule has 0 heterocycles. The maximum atomic E-state index is 12.1. The van der Waals surface area contributed by atoms with Crippen molar-refractivity contribution in [1.82, 2.24) is 5.32 Å². The molecule has 1 aliphatic carbocycles. The highest BCUT2D eigenvalue weighted by molar-refractivity contribution is 5.80. The Bertz CT molecular complexity index is 240. The van der Waals surface area contributed by atoms with Crippen LogP contribution in [0.4, 0.5) is 0 Å². The van der Waals surface area contributed by atoms with Crippen LogP contribution < -0.4 is 11.1 Å². The van der Waals surface area contributed by atoms with Crippen molar-refractivity contribution in [2.45, 2.75) is 53.6 Å². The van der Waals surface area contributed by atoms with Gasteiger partial charge in [0.05, 0.1) is 6.17 Å². The number of rotatable bonds is 2. The van der Waals surface area contributed by atoms with Gasteiger partial charge in [0.15, 0.2) is 0 Å². The van der Waals surface area contributed by atoms with Crippen LogP contribution in [-0.2, 0) is 4.79 Å². The lowest BCUT2D eigenvalue weighted by Gasteiger charge is -2.34. The van der Waals surface area contributed by atoms with Gasteiger partial charge in [0, 0.05) is 5.92 Å². The van der Waals surface area contributed by atoms with Gasteiger partial charge >= 0.3 is 0 Å². The molecule has 1 aliphatic rings. The van der Waals surface area contributed by atoms with E-state index in [4.69, 9.17) is 5.73 Å². The fraction of sp³-hybridized carbons (Fsp3) is 0.917. The summed E-state index contributed by atoms with van der Waals surface area (Å²) in [5, 5.41) is 2.83. The molecule has 3 N–H and O–H groups in total. The fourth-order valence-electron chi connectivity index (χ4n) is 3.01. The molecular formula is C12H24N2O. The third kappa shape index (κ3) is 2.51. The van der Waals surface area contributed by atoms with Crippen molar-refractivity contribution in [3.63, 3.8) is 0 Å². The predicted molar refractivity (Wildman–Crippen MR) is 62.1 cm³/mol. The average molecular weight is 212 g/mol. The highest BCUT2D eigenvalue weighted by atomic mass is 16.2. The van der Waals surface area contributed by atoms with Gasteiger partial charge in [0.25, 0.3) is 0 Å². The van der Waals surface area contributed by atoms with Gasteiger partial charge in [0.2, 0.25) is 5.91 Å². The van der Waals surface area contributed by atoms with E-state index in [0.717, 1.165) is 12.8 Å². The van der Waals surface area contributed by atoms with Crippen molar-refractivity contribution < 1.29 is 4.79 Å².